The number of ether oxygens (including phenoxy) is 3. The first-order valence-electron chi connectivity index (χ1n) is 24.3. The summed E-state index contributed by atoms with van der Waals surface area (Å²) in [7, 11) is 0. The summed E-state index contributed by atoms with van der Waals surface area (Å²) < 4.78 is 16.7. The Bertz CT molecular complexity index is 841. The van der Waals surface area contributed by atoms with E-state index in [1.807, 2.05) is 0 Å². The summed E-state index contributed by atoms with van der Waals surface area (Å²) in [6, 6.07) is 0. The zero-order valence-electron chi connectivity index (χ0n) is 37.6. The van der Waals surface area contributed by atoms with E-state index >= 15 is 0 Å². The number of carbonyl (C=O) groups excluding carboxylic acids is 3. The SMILES string of the molecule is CCCCCCCCCCCCCC(=O)OC[C@H](COC(=O)CCCCCCCCCCCCCCCC(C)C)OC(=O)CCCCCCCCC(C)CC. The van der Waals surface area contributed by atoms with Crippen molar-refractivity contribution in [3.05, 3.63) is 0 Å². The Morgan fingerprint density at radius 2 is 0.691 bits per heavy atom. The molecule has 0 saturated heterocycles. The second-order valence-electron chi connectivity index (χ2n) is 17.5. The van der Waals surface area contributed by atoms with E-state index in [-0.39, 0.29) is 31.1 Å². The molecule has 0 bridgehead atoms. The van der Waals surface area contributed by atoms with E-state index in [1.54, 1.807) is 0 Å². The van der Waals surface area contributed by atoms with Crippen molar-refractivity contribution in [2.45, 2.75) is 272 Å². The number of hydrogen-bond acceptors (Lipinski definition) is 6. The summed E-state index contributed by atoms with van der Waals surface area (Å²) in [5.41, 5.74) is 0. The Hall–Kier alpha value is -1.59. The quantitative estimate of drug-likeness (QED) is 0.0348. The van der Waals surface area contributed by atoms with E-state index in [2.05, 4.69) is 34.6 Å². The van der Waals surface area contributed by atoms with Crippen LogP contribution in [-0.4, -0.2) is 37.2 Å². The van der Waals surface area contributed by atoms with Gasteiger partial charge in [-0.15, -0.1) is 0 Å². The lowest BCUT2D eigenvalue weighted by Gasteiger charge is -2.18. The zero-order chi connectivity index (χ0) is 40.5. The van der Waals surface area contributed by atoms with Gasteiger partial charge in [0.15, 0.2) is 6.10 Å². The topological polar surface area (TPSA) is 78.9 Å². The highest BCUT2D eigenvalue weighted by Gasteiger charge is 2.19. The van der Waals surface area contributed by atoms with Gasteiger partial charge in [-0.05, 0) is 31.1 Å². The number of carbonyl (C=O) groups is 3. The van der Waals surface area contributed by atoms with Gasteiger partial charge in [0, 0.05) is 19.3 Å². The van der Waals surface area contributed by atoms with Crippen molar-refractivity contribution in [1.82, 2.24) is 0 Å². The van der Waals surface area contributed by atoms with Crippen molar-refractivity contribution in [3.63, 3.8) is 0 Å². The maximum atomic E-state index is 12.7. The number of hydrogen-bond donors (Lipinski definition) is 0. The van der Waals surface area contributed by atoms with E-state index in [1.165, 1.54) is 154 Å². The molecule has 0 aliphatic heterocycles. The standard InChI is InChI=1S/C49H94O6/c1-6-8-9-10-11-12-16-20-23-29-34-39-47(50)53-42-46(55-49(52)41-36-31-26-25-28-33-38-45(5)7-2)43-54-48(51)40-35-30-24-21-18-15-13-14-17-19-22-27-32-37-44(3)4/h44-46H,6-43H2,1-5H3/t45?,46-/m1/s1. The Morgan fingerprint density at radius 3 is 1.04 bits per heavy atom. The fourth-order valence-electron chi connectivity index (χ4n) is 7.25. The lowest BCUT2D eigenvalue weighted by Crippen LogP contribution is -2.30. The van der Waals surface area contributed by atoms with Crippen LogP contribution in [0.1, 0.15) is 266 Å². The largest absolute Gasteiger partial charge is 0.462 e. The number of unbranched alkanes of at least 4 members (excludes halogenated alkanes) is 27. The van der Waals surface area contributed by atoms with E-state index < -0.39 is 6.10 Å². The maximum absolute atomic E-state index is 12.7. The molecule has 0 N–H and O–H groups in total. The molecular formula is C49H94O6. The van der Waals surface area contributed by atoms with E-state index in [9.17, 15) is 14.4 Å². The Balaban J connectivity index is 4.28. The van der Waals surface area contributed by atoms with Gasteiger partial charge in [0.05, 0.1) is 0 Å². The third-order valence-corrected chi connectivity index (χ3v) is 11.3. The maximum Gasteiger partial charge on any atom is 0.306 e. The minimum absolute atomic E-state index is 0.0651. The first-order chi connectivity index (χ1) is 26.8. The van der Waals surface area contributed by atoms with Crippen molar-refractivity contribution in [2.24, 2.45) is 11.8 Å². The molecular weight excluding hydrogens is 685 g/mol. The van der Waals surface area contributed by atoms with Crippen molar-refractivity contribution < 1.29 is 28.6 Å². The molecule has 0 radical (unpaired) electrons. The van der Waals surface area contributed by atoms with Crippen LogP contribution in [0, 0.1) is 11.8 Å². The van der Waals surface area contributed by atoms with Crippen molar-refractivity contribution >= 4 is 17.9 Å². The van der Waals surface area contributed by atoms with E-state index in [4.69, 9.17) is 14.2 Å². The zero-order valence-corrected chi connectivity index (χ0v) is 37.6. The summed E-state index contributed by atoms with van der Waals surface area (Å²) in [5, 5.41) is 0. The second-order valence-corrected chi connectivity index (χ2v) is 17.5. The third kappa shape index (κ3) is 41.9. The highest BCUT2D eigenvalue weighted by Crippen LogP contribution is 2.17. The number of rotatable bonds is 43. The molecule has 1 unspecified atom stereocenters. The Morgan fingerprint density at radius 1 is 0.382 bits per heavy atom. The minimum Gasteiger partial charge on any atom is -0.462 e. The van der Waals surface area contributed by atoms with Gasteiger partial charge in [-0.2, -0.15) is 0 Å². The molecule has 0 aromatic heterocycles. The summed E-state index contributed by atoms with van der Waals surface area (Å²) in [5.74, 6) is 0.793. The fourth-order valence-corrected chi connectivity index (χ4v) is 7.25. The van der Waals surface area contributed by atoms with Gasteiger partial charge in [0.1, 0.15) is 13.2 Å². The average Bonchev–Trinajstić information content (AvgIpc) is 3.17. The van der Waals surface area contributed by atoms with Gasteiger partial charge in [0.2, 0.25) is 0 Å². The van der Waals surface area contributed by atoms with Gasteiger partial charge in [-0.1, -0.05) is 227 Å². The number of esters is 3. The molecule has 0 rings (SSSR count). The molecule has 326 valence electrons. The summed E-state index contributed by atoms with van der Waals surface area (Å²) >= 11 is 0. The van der Waals surface area contributed by atoms with Gasteiger partial charge in [-0.25, -0.2) is 0 Å². The minimum atomic E-state index is -0.761. The first-order valence-corrected chi connectivity index (χ1v) is 24.3. The van der Waals surface area contributed by atoms with E-state index in [0.717, 1.165) is 69.6 Å². The van der Waals surface area contributed by atoms with Crippen LogP contribution in [0.2, 0.25) is 0 Å². The van der Waals surface area contributed by atoms with Gasteiger partial charge in [0.25, 0.3) is 0 Å². The van der Waals surface area contributed by atoms with E-state index in [0.29, 0.717) is 19.3 Å². The second kappa shape index (κ2) is 42.0. The molecule has 2 atom stereocenters. The molecule has 0 fully saturated rings. The summed E-state index contributed by atoms with van der Waals surface area (Å²) in [6.45, 7) is 11.3. The molecule has 0 spiro atoms. The van der Waals surface area contributed by atoms with Crippen LogP contribution in [-0.2, 0) is 28.6 Å². The lowest BCUT2D eigenvalue weighted by molar-refractivity contribution is -0.167. The molecule has 6 nitrogen and oxygen atoms in total. The smallest absolute Gasteiger partial charge is 0.306 e. The van der Waals surface area contributed by atoms with Crippen LogP contribution >= 0.6 is 0 Å². The van der Waals surface area contributed by atoms with Crippen LogP contribution < -0.4 is 0 Å². The Labute approximate surface area is 342 Å². The summed E-state index contributed by atoms with van der Waals surface area (Å²) in [4.78, 5) is 37.8. The molecule has 0 saturated carbocycles. The molecule has 0 aromatic carbocycles. The van der Waals surface area contributed by atoms with Crippen molar-refractivity contribution in [1.29, 1.82) is 0 Å². The van der Waals surface area contributed by atoms with Crippen molar-refractivity contribution in [2.75, 3.05) is 13.2 Å². The van der Waals surface area contributed by atoms with Gasteiger partial charge >= 0.3 is 17.9 Å². The third-order valence-electron chi connectivity index (χ3n) is 11.3. The average molecular weight is 779 g/mol. The molecule has 0 aromatic rings. The highest BCUT2D eigenvalue weighted by molar-refractivity contribution is 5.71. The molecule has 55 heavy (non-hydrogen) atoms. The predicted octanol–water partition coefficient (Wildman–Crippen LogP) is 15.4. The fraction of sp³-hybridized carbons (Fsp3) is 0.939. The predicted molar refractivity (Wildman–Crippen MR) is 233 cm³/mol. The molecule has 0 aliphatic rings. The molecule has 0 heterocycles. The molecule has 0 amide bonds. The molecule has 0 aliphatic carbocycles. The Kier molecular flexibility index (Phi) is 40.8. The lowest BCUT2D eigenvalue weighted by atomic mass is 10.00. The van der Waals surface area contributed by atoms with Gasteiger partial charge in [-0.3, -0.25) is 14.4 Å². The van der Waals surface area contributed by atoms with Crippen LogP contribution in [0.5, 0.6) is 0 Å². The van der Waals surface area contributed by atoms with Crippen LogP contribution in [0.3, 0.4) is 0 Å². The summed E-state index contributed by atoms with van der Waals surface area (Å²) in [6.07, 6.45) is 40.9. The van der Waals surface area contributed by atoms with Gasteiger partial charge < -0.3 is 14.2 Å². The van der Waals surface area contributed by atoms with Crippen LogP contribution in [0.15, 0.2) is 0 Å². The monoisotopic (exact) mass is 779 g/mol. The molecule has 6 heteroatoms. The normalized spacial score (nSPS) is 12.5. The highest BCUT2D eigenvalue weighted by atomic mass is 16.6. The van der Waals surface area contributed by atoms with Crippen molar-refractivity contribution in [3.8, 4) is 0 Å². The van der Waals surface area contributed by atoms with Crippen LogP contribution in [0.25, 0.3) is 0 Å². The van der Waals surface area contributed by atoms with Crippen LogP contribution in [0.4, 0.5) is 0 Å². The first kappa shape index (κ1) is 53.4.